The second-order valence-corrected chi connectivity index (χ2v) is 14.1. The number of hydrogen-bond donors (Lipinski definition) is 3. The van der Waals surface area contributed by atoms with Crippen molar-refractivity contribution in [2.24, 2.45) is 0 Å². The van der Waals surface area contributed by atoms with Gasteiger partial charge in [-0.1, -0.05) is 0 Å². The van der Waals surface area contributed by atoms with E-state index >= 15 is 0 Å². The summed E-state index contributed by atoms with van der Waals surface area (Å²) in [5, 5.41) is 21.3. The second-order valence-electron chi connectivity index (χ2n) is 12.4. The van der Waals surface area contributed by atoms with Gasteiger partial charge in [-0.3, -0.25) is 0 Å². The van der Waals surface area contributed by atoms with Crippen LogP contribution < -0.4 is 10.6 Å². The normalized spacial score (nSPS) is 19.2. The largest absolute Gasteiger partial charge is 0.387 e. The molecule has 2 atom stereocenters. The molecule has 2 aliphatic carbocycles. The number of aromatic nitrogens is 6. The van der Waals surface area contributed by atoms with E-state index in [1.165, 1.54) is 29.6 Å². The Hall–Kier alpha value is -3.37. The second kappa shape index (κ2) is 15.0. The molecule has 3 N–H and O–H groups in total. The van der Waals surface area contributed by atoms with Crippen LogP contribution in [0.5, 0.6) is 0 Å². The molecular formula is C32H39F5N8OS2. The average molecular weight is 711 g/mol. The van der Waals surface area contributed by atoms with Gasteiger partial charge in [0.25, 0.3) is 0 Å². The Labute approximate surface area is 283 Å². The first-order valence-corrected chi connectivity index (χ1v) is 17.6. The van der Waals surface area contributed by atoms with E-state index in [2.05, 4.69) is 40.5 Å². The first kappa shape index (κ1) is 35.9. The van der Waals surface area contributed by atoms with E-state index in [0.29, 0.717) is 64.7 Å². The lowest BCUT2D eigenvalue weighted by atomic mass is 9.92. The molecule has 260 valence electrons. The quantitative estimate of drug-likeness (QED) is 0.154. The summed E-state index contributed by atoms with van der Waals surface area (Å²) >= 11 is 2.82. The molecule has 4 heterocycles. The predicted molar refractivity (Wildman–Crippen MR) is 178 cm³/mol. The smallest absolute Gasteiger partial charge is 0.248 e. The molecule has 0 saturated heterocycles. The summed E-state index contributed by atoms with van der Waals surface area (Å²) in [7, 11) is 0. The van der Waals surface area contributed by atoms with Crippen LogP contribution in [-0.2, 0) is 0 Å². The van der Waals surface area contributed by atoms with Gasteiger partial charge in [0.05, 0.1) is 17.5 Å². The molecule has 6 rings (SSSR count). The topological polar surface area (TPSA) is 122 Å². The lowest BCUT2D eigenvalue weighted by Crippen LogP contribution is -2.32. The molecule has 4 aromatic rings. The van der Waals surface area contributed by atoms with Crippen LogP contribution in [0.25, 0.3) is 21.7 Å². The molecule has 9 nitrogen and oxygen atoms in total. The number of nitrogens with zero attached hydrogens (tertiary/aromatic N) is 6. The van der Waals surface area contributed by atoms with E-state index in [1.807, 2.05) is 24.6 Å². The Morgan fingerprint density at radius 3 is 1.44 bits per heavy atom. The number of aliphatic hydroxyl groups excluding tert-OH is 1. The monoisotopic (exact) mass is 710 g/mol. The molecule has 0 amide bonds. The molecule has 16 heteroatoms. The zero-order chi connectivity index (χ0) is 34.6. The lowest BCUT2D eigenvalue weighted by molar-refractivity contribution is -0.0366. The van der Waals surface area contributed by atoms with Gasteiger partial charge >= 0.3 is 0 Å². The summed E-state index contributed by atoms with van der Waals surface area (Å²) < 4.78 is 66.9. The van der Waals surface area contributed by atoms with Crippen molar-refractivity contribution in [2.75, 3.05) is 10.6 Å². The van der Waals surface area contributed by atoms with Crippen molar-refractivity contribution >= 4 is 34.3 Å². The van der Waals surface area contributed by atoms with E-state index in [9.17, 15) is 27.1 Å². The van der Waals surface area contributed by atoms with Crippen molar-refractivity contribution in [3.8, 4) is 21.7 Å². The van der Waals surface area contributed by atoms with Crippen LogP contribution in [0, 0.1) is 13.8 Å². The zero-order valence-electron chi connectivity index (χ0n) is 27.1. The van der Waals surface area contributed by atoms with Crippen LogP contribution in [-0.4, -0.2) is 58.9 Å². The highest BCUT2D eigenvalue weighted by atomic mass is 32.1. The van der Waals surface area contributed by atoms with Gasteiger partial charge in [0.1, 0.15) is 17.8 Å². The van der Waals surface area contributed by atoms with Gasteiger partial charge in [-0.05, 0) is 53.4 Å². The molecule has 4 aromatic heterocycles. The van der Waals surface area contributed by atoms with Crippen molar-refractivity contribution in [1.82, 2.24) is 29.9 Å². The van der Waals surface area contributed by atoms with Crippen molar-refractivity contribution in [2.45, 2.75) is 115 Å². The molecular weight excluding hydrogens is 672 g/mol. The van der Waals surface area contributed by atoms with Gasteiger partial charge in [-0.25, -0.2) is 51.9 Å². The molecule has 2 saturated carbocycles. The third-order valence-corrected chi connectivity index (χ3v) is 10.00. The first-order chi connectivity index (χ1) is 22.6. The Morgan fingerprint density at radius 1 is 0.688 bits per heavy atom. The highest BCUT2D eigenvalue weighted by Gasteiger charge is 2.36. The maximum atomic E-state index is 13.8. The van der Waals surface area contributed by atoms with Gasteiger partial charge in [-0.2, -0.15) is 0 Å². The fourth-order valence-electron chi connectivity index (χ4n) is 5.39. The van der Waals surface area contributed by atoms with Gasteiger partial charge in [0.15, 0.2) is 21.7 Å². The van der Waals surface area contributed by atoms with Gasteiger partial charge in [-0.15, -0.1) is 22.7 Å². The van der Waals surface area contributed by atoms with Crippen LogP contribution >= 0.6 is 22.7 Å². The SMILES string of the molecule is Cc1csc(-c2nc(NC3CCC(F)(F)CC3)cc(C(C)F)n2)n1.Cc1csc(-c2nc(NC3CCC(F)(F)CC3)cc(C(C)O)n2)n1. The Bertz CT molecular complexity index is 1540. The Kier molecular flexibility index (Phi) is 11.2. The molecule has 48 heavy (non-hydrogen) atoms. The number of hydrogen-bond acceptors (Lipinski definition) is 11. The summed E-state index contributed by atoms with van der Waals surface area (Å²) in [6.45, 7) is 6.79. The van der Waals surface area contributed by atoms with E-state index in [1.54, 1.807) is 19.1 Å². The van der Waals surface area contributed by atoms with Crippen molar-refractivity contribution in [3.63, 3.8) is 0 Å². The van der Waals surface area contributed by atoms with Crippen molar-refractivity contribution in [3.05, 3.63) is 45.7 Å². The minimum absolute atomic E-state index is 0.0488. The molecule has 0 aromatic carbocycles. The molecule has 2 fully saturated rings. The number of thiazole rings is 2. The number of aliphatic hydroxyl groups is 1. The zero-order valence-corrected chi connectivity index (χ0v) is 28.7. The molecule has 0 bridgehead atoms. The number of rotatable bonds is 8. The summed E-state index contributed by atoms with van der Waals surface area (Å²) in [6.07, 6.45) is -0.976. The Balaban J connectivity index is 0.000000188. The minimum Gasteiger partial charge on any atom is -0.387 e. The molecule has 0 aliphatic heterocycles. The van der Waals surface area contributed by atoms with Crippen LogP contribution in [0.15, 0.2) is 22.9 Å². The third-order valence-electron chi connectivity index (χ3n) is 8.09. The number of anilines is 2. The maximum Gasteiger partial charge on any atom is 0.248 e. The maximum absolute atomic E-state index is 13.8. The minimum atomic E-state index is -2.58. The molecule has 0 radical (unpaired) electrons. The van der Waals surface area contributed by atoms with Crippen LogP contribution in [0.2, 0.25) is 0 Å². The lowest BCUT2D eigenvalue weighted by Gasteiger charge is -2.29. The van der Waals surface area contributed by atoms with Crippen molar-refractivity contribution < 1.29 is 27.1 Å². The number of nitrogens with one attached hydrogen (secondary N) is 2. The van der Waals surface area contributed by atoms with Crippen LogP contribution in [0.1, 0.15) is 100 Å². The molecule has 2 unspecified atom stereocenters. The number of halogens is 5. The van der Waals surface area contributed by atoms with Crippen LogP contribution in [0.4, 0.5) is 33.6 Å². The Morgan fingerprint density at radius 2 is 1.08 bits per heavy atom. The van der Waals surface area contributed by atoms with Gasteiger partial charge in [0, 0.05) is 72.0 Å². The van der Waals surface area contributed by atoms with E-state index in [-0.39, 0.29) is 43.5 Å². The highest BCUT2D eigenvalue weighted by molar-refractivity contribution is 7.13. The average Bonchev–Trinajstić information content (AvgIpc) is 3.67. The van der Waals surface area contributed by atoms with Crippen LogP contribution in [0.3, 0.4) is 0 Å². The predicted octanol–water partition coefficient (Wildman–Crippen LogP) is 8.88. The van der Waals surface area contributed by atoms with Gasteiger partial charge < -0.3 is 15.7 Å². The number of alkyl halides is 5. The standard InChI is InChI=1S/C16H19F3N4S.C16H20F2N4OS/c1-9-8-24-15(20-9)14-22-12(10(2)17)7-13(23-14)21-11-3-5-16(18,19)6-4-11;1-9-8-24-15(19-9)14-21-12(10(2)23)7-13(22-14)20-11-3-5-16(17,18)6-4-11/h7-8,10-11H,3-6H2,1-2H3,(H,21,22,23);7-8,10-11,23H,3-6H2,1-2H3,(H,20,21,22). The molecule has 2 aliphatic rings. The fourth-order valence-corrected chi connectivity index (χ4v) is 6.85. The molecule has 0 spiro atoms. The third kappa shape index (κ3) is 9.84. The number of aryl methyl sites for hydroxylation is 2. The highest BCUT2D eigenvalue weighted by Crippen LogP contribution is 2.36. The fraction of sp³-hybridized carbons (Fsp3) is 0.562. The summed E-state index contributed by atoms with van der Waals surface area (Å²) in [5.74, 6) is -3.33. The van der Waals surface area contributed by atoms with E-state index in [0.717, 1.165) is 11.4 Å². The van der Waals surface area contributed by atoms with Crippen molar-refractivity contribution in [1.29, 1.82) is 0 Å². The summed E-state index contributed by atoms with van der Waals surface area (Å²) in [6, 6.07) is 3.07. The van der Waals surface area contributed by atoms with E-state index < -0.39 is 24.1 Å². The van der Waals surface area contributed by atoms with Gasteiger partial charge in [0.2, 0.25) is 11.8 Å². The van der Waals surface area contributed by atoms with E-state index in [4.69, 9.17) is 0 Å². The first-order valence-electron chi connectivity index (χ1n) is 15.9. The summed E-state index contributed by atoms with van der Waals surface area (Å²) in [4.78, 5) is 26.2. The summed E-state index contributed by atoms with van der Waals surface area (Å²) in [5.41, 5.74) is 2.47.